The number of rotatable bonds is 7. The lowest BCUT2D eigenvalue weighted by Crippen LogP contribution is -2.28. The normalized spacial score (nSPS) is 13.6. The van der Waals surface area contributed by atoms with Crippen molar-refractivity contribution in [2.75, 3.05) is 0 Å². The molecule has 2 aliphatic rings. The summed E-state index contributed by atoms with van der Waals surface area (Å²) in [5, 5.41) is 0. The second kappa shape index (κ2) is 15.7. The monoisotopic (exact) mass is 794 g/mol. The SMILES string of the molecule is [C-]#[N+]c1ccc2c(c1)-c1ccc(-c3cccc(-c4ccc(-c5ccc(-c6nc(-c7ccccc7)nc(-c7ccc(-c8ccccc8)cc7)n6)cc5)cc4)c3)cc1C21CCCCC1. The molecule has 0 N–H and O–H groups in total. The van der Waals surface area contributed by atoms with E-state index in [0.717, 1.165) is 39.1 Å². The van der Waals surface area contributed by atoms with Crippen LogP contribution < -0.4 is 0 Å². The molecule has 1 fully saturated rings. The van der Waals surface area contributed by atoms with Crippen molar-refractivity contribution in [2.24, 2.45) is 0 Å². The van der Waals surface area contributed by atoms with Crippen LogP contribution in [0, 0.1) is 6.57 Å². The van der Waals surface area contributed by atoms with Gasteiger partial charge in [-0.15, -0.1) is 0 Å². The van der Waals surface area contributed by atoms with Gasteiger partial charge in [0.15, 0.2) is 23.2 Å². The number of hydrogen-bond acceptors (Lipinski definition) is 3. The highest BCUT2D eigenvalue weighted by atomic mass is 15.0. The van der Waals surface area contributed by atoms with Crippen LogP contribution in [0.3, 0.4) is 0 Å². The Morgan fingerprint density at radius 3 is 1.31 bits per heavy atom. The first-order valence-corrected chi connectivity index (χ1v) is 21.6. The molecule has 4 nitrogen and oxygen atoms in total. The number of nitrogens with zero attached hydrogens (tertiary/aromatic N) is 4. The maximum atomic E-state index is 7.66. The zero-order valence-electron chi connectivity index (χ0n) is 34.3. The summed E-state index contributed by atoms with van der Waals surface area (Å²) < 4.78 is 0. The highest BCUT2D eigenvalue weighted by Crippen LogP contribution is 2.57. The third kappa shape index (κ3) is 6.79. The van der Waals surface area contributed by atoms with E-state index in [4.69, 9.17) is 21.5 Å². The summed E-state index contributed by atoms with van der Waals surface area (Å²) in [5.41, 5.74) is 18.4. The molecule has 1 heterocycles. The Hall–Kier alpha value is -7.74. The van der Waals surface area contributed by atoms with Crippen LogP contribution in [-0.4, -0.2) is 15.0 Å². The summed E-state index contributed by atoms with van der Waals surface area (Å²) in [5.74, 6) is 1.93. The molecule has 1 aromatic heterocycles. The van der Waals surface area contributed by atoms with Crippen LogP contribution in [-0.2, 0) is 5.41 Å². The Morgan fingerprint density at radius 2 is 0.758 bits per heavy atom. The van der Waals surface area contributed by atoms with E-state index in [1.807, 2.05) is 42.5 Å². The van der Waals surface area contributed by atoms with Crippen LogP contribution in [0.2, 0.25) is 0 Å². The lowest BCUT2D eigenvalue weighted by molar-refractivity contribution is 0.353. The number of hydrogen-bond donors (Lipinski definition) is 0. The minimum Gasteiger partial charge on any atom is -0.238 e. The van der Waals surface area contributed by atoms with Gasteiger partial charge in [-0.25, -0.2) is 19.8 Å². The average molecular weight is 795 g/mol. The Kier molecular flexibility index (Phi) is 9.44. The van der Waals surface area contributed by atoms with Gasteiger partial charge in [0.2, 0.25) is 0 Å². The van der Waals surface area contributed by atoms with Crippen LogP contribution >= 0.6 is 0 Å². The van der Waals surface area contributed by atoms with E-state index in [0.29, 0.717) is 17.5 Å². The van der Waals surface area contributed by atoms with Crippen molar-refractivity contribution in [3.8, 4) is 89.8 Å². The summed E-state index contributed by atoms with van der Waals surface area (Å²) in [6.07, 6.45) is 6.11. The maximum absolute atomic E-state index is 7.66. The average Bonchev–Trinajstić information content (AvgIpc) is 3.61. The highest BCUT2D eigenvalue weighted by Gasteiger charge is 2.43. The molecule has 4 heteroatoms. The fourth-order valence-corrected chi connectivity index (χ4v) is 9.77. The molecule has 0 radical (unpaired) electrons. The quantitative estimate of drug-likeness (QED) is 0.151. The molecule has 62 heavy (non-hydrogen) atoms. The smallest absolute Gasteiger partial charge is 0.187 e. The second-order valence-corrected chi connectivity index (χ2v) is 16.6. The van der Waals surface area contributed by atoms with E-state index in [2.05, 4.69) is 157 Å². The van der Waals surface area contributed by atoms with Crippen LogP contribution in [0.4, 0.5) is 5.69 Å². The molecular formula is C58H42N4. The van der Waals surface area contributed by atoms with Crippen molar-refractivity contribution in [3.63, 3.8) is 0 Å². The summed E-state index contributed by atoms with van der Waals surface area (Å²) in [4.78, 5) is 18.7. The molecule has 0 unspecified atom stereocenters. The fraction of sp³-hybridized carbons (Fsp3) is 0.103. The van der Waals surface area contributed by atoms with E-state index in [1.165, 1.54) is 82.2 Å². The Balaban J connectivity index is 0.862. The van der Waals surface area contributed by atoms with Crippen LogP contribution in [0.5, 0.6) is 0 Å². The summed E-state index contributed by atoms with van der Waals surface area (Å²) in [6, 6.07) is 68.6. The second-order valence-electron chi connectivity index (χ2n) is 16.6. The van der Waals surface area contributed by atoms with Crippen molar-refractivity contribution < 1.29 is 0 Å². The van der Waals surface area contributed by atoms with Crippen LogP contribution in [0.1, 0.15) is 43.2 Å². The molecular weight excluding hydrogens is 753 g/mol. The number of fused-ring (bicyclic) bond motifs is 5. The Labute approximate surface area is 363 Å². The summed E-state index contributed by atoms with van der Waals surface area (Å²) in [7, 11) is 0. The van der Waals surface area contributed by atoms with Gasteiger partial charge >= 0.3 is 0 Å². The molecule has 0 aliphatic heterocycles. The molecule has 8 aromatic carbocycles. The minimum atomic E-state index is 0.0421. The lowest BCUT2D eigenvalue weighted by atomic mass is 9.67. The largest absolute Gasteiger partial charge is 0.238 e. The van der Waals surface area contributed by atoms with Crippen LogP contribution in [0.25, 0.3) is 94.6 Å². The van der Waals surface area contributed by atoms with Crippen molar-refractivity contribution in [3.05, 3.63) is 217 Å². The van der Waals surface area contributed by atoms with E-state index in [1.54, 1.807) is 0 Å². The van der Waals surface area contributed by atoms with Gasteiger partial charge in [0.05, 0.1) is 6.57 Å². The van der Waals surface area contributed by atoms with Gasteiger partial charge in [-0.05, 0) is 97.8 Å². The first kappa shape index (κ1) is 37.3. The first-order valence-electron chi connectivity index (χ1n) is 21.6. The highest BCUT2D eigenvalue weighted by molar-refractivity contribution is 5.87. The third-order valence-electron chi connectivity index (χ3n) is 13.0. The number of benzene rings is 8. The molecule has 9 aromatic rings. The summed E-state index contributed by atoms with van der Waals surface area (Å²) in [6.45, 7) is 7.66. The number of aromatic nitrogens is 3. The standard InChI is InChI=1S/C58H42N4/c1-59-50-31-33-53-52(38-50)51-32-30-49(37-54(51)58(53)34-9-4-10-35-58)48-17-11-16-47(36-48)43-20-18-41(19-21-43)42-24-28-46(29-25-42)57-61-55(44-14-7-3-8-15-44)60-56(62-57)45-26-22-40(23-27-45)39-12-5-2-6-13-39/h2-3,5-8,11-33,36-38H,4,9-10,34-35H2. The summed E-state index contributed by atoms with van der Waals surface area (Å²) >= 11 is 0. The minimum absolute atomic E-state index is 0.0421. The first-order chi connectivity index (χ1) is 30.6. The van der Waals surface area contributed by atoms with Crippen molar-refractivity contribution >= 4 is 5.69 Å². The lowest BCUT2D eigenvalue weighted by Gasteiger charge is -2.36. The van der Waals surface area contributed by atoms with Gasteiger partial charge in [0.1, 0.15) is 0 Å². The van der Waals surface area contributed by atoms with Crippen LogP contribution in [0.15, 0.2) is 194 Å². The van der Waals surface area contributed by atoms with E-state index in [9.17, 15) is 0 Å². The molecule has 11 rings (SSSR count). The topological polar surface area (TPSA) is 43.0 Å². The molecule has 0 amide bonds. The van der Waals surface area contributed by atoms with Crippen molar-refractivity contribution in [1.82, 2.24) is 15.0 Å². The maximum Gasteiger partial charge on any atom is 0.187 e. The van der Waals surface area contributed by atoms with Gasteiger partial charge in [-0.2, -0.15) is 0 Å². The molecule has 0 saturated heterocycles. The van der Waals surface area contributed by atoms with Crippen molar-refractivity contribution in [2.45, 2.75) is 37.5 Å². The molecule has 0 atom stereocenters. The predicted molar refractivity (Wildman–Crippen MR) is 253 cm³/mol. The van der Waals surface area contributed by atoms with Crippen molar-refractivity contribution in [1.29, 1.82) is 0 Å². The third-order valence-corrected chi connectivity index (χ3v) is 13.0. The predicted octanol–water partition coefficient (Wildman–Crippen LogP) is 15.3. The molecule has 0 bridgehead atoms. The molecule has 1 saturated carbocycles. The van der Waals surface area contributed by atoms with Gasteiger partial charge in [-0.1, -0.05) is 195 Å². The fourth-order valence-electron chi connectivity index (χ4n) is 9.77. The van der Waals surface area contributed by atoms with E-state index >= 15 is 0 Å². The zero-order chi connectivity index (χ0) is 41.5. The zero-order valence-corrected chi connectivity index (χ0v) is 34.3. The molecule has 1 spiro atoms. The van der Waals surface area contributed by atoms with E-state index < -0.39 is 0 Å². The van der Waals surface area contributed by atoms with Gasteiger partial charge in [0.25, 0.3) is 0 Å². The Morgan fingerprint density at radius 1 is 0.339 bits per heavy atom. The van der Waals surface area contributed by atoms with Gasteiger partial charge in [0, 0.05) is 22.1 Å². The van der Waals surface area contributed by atoms with Gasteiger partial charge in [-0.3, -0.25) is 0 Å². The molecule has 2 aliphatic carbocycles. The van der Waals surface area contributed by atoms with E-state index in [-0.39, 0.29) is 5.41 Å². The Bertz CT molecular complexity index is 3120. The van der Waals surface area contributed by atoms with Gasteiger partial charge < -0.3 is 0 Å². The molecule has 294 valence electrons.